The minimum absolute atomic E-state index is 0.0684. The average molecular weight is 239 g/mol. The van der Waals surface area contributed by atoms with Gasteiger partial charge in [-0.2, -0.15) is 5.26 Å². The summed E-state index contributed by atoms with van der Waals surface area (Å²) < 4.78 is 9.60. The summed E-state index contributed by atoms with van der Waals surface area (Å²) in [6.45, 7) is 5.12. The Labute approximate surface area is 101 Å². The third-order valence-corrected chi connectivity index (χ3v) is 1.98. The van der Waals surface area contributed by atoms with Gasteiger partial charge in [-0.05, 0) is 12.3 Å². The molecule has 0 aliphatic rings. The topological polar surface area (TPSA) is 76.4 Å². The molecule has 0 spiro atoms. The number of esters is 2. The van der Waals surface area contributed by atoms with Crippen LogP contribution in [0.4, 0.5) is 0 Å². The first-order valence-electron chi connectivity index (χ1n) is 5.27. The van der Waals surface area contributed by atoms with E-state index < -0.39 is 18.0 Å². The summed E-state index contributed by atoms with van der Waals surface area (Å²) in [5.41, 5.74) is 0.0684. The molecule has 0 unspecified atom stereocenters. The van der Waals surface area contributed by atoms with Gasteiger partial charge in [0.1, 0.15) is 6.10 Å². The molecule has 0 amide bonds. The van der Waals surface area contributed by atoms with Crippen LogP contribution in [-0.4, -0.2) is 25.2 Å². The van der Waals surface area contributed by atoms with Crippen molar-refractivity contribution >= 4 is 11.9 Å². The van der Waals surface area contributed by atoms with Crippen LogP contribution in [0.15, 0.2) is 11.6 Å². The van der Waals surface area contributed by atoms with Gasteiger partial charge in [0.05, 0.1) is 18.8 Å². The maximum absolute atomic E-state index is 11.5. The minimum Gasteiger partial charge on any atom is -0.466 e. The highest BCUT2D eigenvalue weighted by molar-refractivity contribution is 5.90. The summed E-state index contributed by atoms with van der Waals surface area (Å²) in [6.07, 6.45) is 0.781. The van der Waals surface area contributed by atoms with Crippen molar-refractivity contribution in [2.24, 2.45) is 5.92 Å². The zero-order chi connectivity index (χ0) is 13.4. The van der Waals surface area contributed by atoms with Gasteiger partial charge in [-0.1, -0.05) is 13.8 Å². The van der Waals surface area contributed by atoms with Crippen molar-refractivity contribution in [2.45, 2.75) is 33.3 Å². The van der Waals surface area contributed by atoms with E-state index in [1.54, 1.807) is 6.07 Å². The molecule has 1 atom stereocenters. The van der Waals surface area contributed by atoms with E-state index in [2.05, 4.69) is 4.74 Å². The quantitative estimate of drug-likeness (QED) is 0.413. The van der Waals surface area contributed by atoms with Gasteiger partial charge in [0.15, 0.2) is 0 Å². The molecule has 0 aromatic carbocycles. The van der Waals surface area contributed by atoms with Gasteiger partial charge in [-0.15, -0.1) is 0 Å². The van der Waals surface area contributed by atoms with Crippen LogP contribution < -0.4 is 0 Å². The Balaban J connectivity index is 5.08. The Morgan fingerprint density at radius 2 is 2.00 bits per heavy atom. The van der Waals surface area contributed by atoms with E-state index in [9.17, 15) is 9.59 Å². The zero-order valence-corrected chi connectivity index (χ0v) is 10.5. The van der Waals surface area contributed by atoms with E-state index in [1.807, 2.05) is 13.8 Å². The number of rotatable bonds is 5. The predicted molar refractivity (Wildman–Crippen MR) is 60.7 cm³/mol. The number of hydrogen-bond donors (Lipinski definition) is 0. The number of carbonyl (C=O) groups excluding carboxylic acids is 2. The van der Waals surface area contributed by atoms with Crippen LogP contribution in [0.25, 0.3) is 0 Å². The summed E-state index contributed by atoms with van der Waals surface area (Å²) in [5.74, 6) is -0.937. The molecule has 0 radical (unpaired) electrons. The van der Waals surface area contributed by atoms with Crippen molar-refractivity contribution < 1.29 is 19.1 Å². The zero-order valence-electron chi connectivity index (χ0n) is 10.5. The number of allylic oxidation sites excluding steroid dienone is 1. The van der Waals surface area contributed by atoms with Crippen LogP contribution in [0, 0.1) is 17.2 Å². The molecule has 0 aliphatic heterocycles. The first-order chi connectivity index (χ1) is 7.92. The maximum Gasteiger partial charge on any atom is 0.338 e. The maximum atomic E-state index is 11.5. The van der Waals surface area contributed by atoms with E-state index in [0.29, 0.717) is 6.42 Å². The molecule has 0 N–H and O–H groups in total. The monoisotopic (exact) mass is 239 g/mol. The molecule has 0 aromatic rings. The molecule has 0 heterocycles. The van der Waals surface area contributed by atoms with Crippen molar-refractivity contribution in [3.05, 3.63) is 11.6 Å². The van der Waals surface area contributed by atoms with Crippen LogP contribution in [0.3, 0.4) is 0 Å². The summed E-state index contributed by atoms with van der Waals surface area (Å²) >= 11 is 0. The Kier molecular flexibility index (Phi) is 6.64. The number of nitrogens with zero attached hydrogens (tertiary/aromatic N) is 1. The van der Waals surface area contributed by atoms with Crippen LogP contribution >= 0.6 is 0 Å². The Hall–Kier alpha value is -1.83. The molecular formula is C12H17NO4. The van der Waals surface area contributed by atoms with E-state index in [4.69, 9.17) is 10.00 Å². The average Bonchev–Trinajstić information content (AvgIpc) is 2.22. The third-order valence-electron chi connectivity index (χ3n) is 1.98. The molecule has 0 aromatic heterocycles. The van der Waals surface area contributed by atoms with Gasteiger partial charge >= 0.3 is 11.9 Å². The highest BCUT2D eigenvalue weighted by Gasteiger charge is 2.25. The van der Waals surface area contributed by atoms with E-state index in [-0.39, 0.29) is 11.5 Å². The molecule has 5 heteroatoms. The van der Waals surface area contributed by atoms with Crippen molar-refractivity contribution in [1.29, 1.82) is 5.26 Å². The SMILES string of the molecule is COC(=O)/C(=C\C#N)[C@H](CC(C)C)OC(C)=O. The largest absolute Gasteiger partial charge is 0.466 e. The first kappa shape index (κ1) is 15.2. The molecule has 0 aliphatic carbocycles. The molecule has 94 valence electrons. The number of hydrogen-bond acceptors (Lipinski definition) is 5. The first-order valence-corrected chi connectivity index (χ1v) is 5.27. The molecule has 17 heavy (non-hydrogen) atoms. The van der Waals surface area contributed by atoms with Crippen LogP contribution in [-0.2, 0) is 19.1 Å². The van der Waals surface area contributed by atoms with Crippen LogP contribution in [0.2, 0.25) is 0 Å². The Bertz CT molecular complexity index is 352. The molecule has 0 fully saturated rings. The molecule has 0 bridgehead atoms. The minimum atomic E-state index is -0.736. The molecule has 0 rings (SSSR count). The summed E-state index contributed by atoms with van der Waals surface area (Å²) in [7, 11) is 1.22. The lowest BCUT2D eigenvalue weighted by molar-refractivity contribution is -0.147. The summed E-state index contributed by atoms with van der Waals surface area (Å²) in [6, 6.07) is 1.76. The fourth-order valence-electron chi connectivity index (χ4n) is 1.34. The van der Waals surface area contributed by atoms with Gasteiger partial charge in [0.25, 0.3) is 0 Å². The number of carbonyl (C=O) groups is 2. The van der Waals surface area contributed by atoms with Gasteiger partial charge in [0.2, 0.25) is 0 Å². The highest BCUT2D eigenvalue weighted by atomic mass is 16.6. The van der Waals surface area contributed by atoms with Crippen molar-refractivity contribution in [2.75, 3.05) is 7.11 Å². The second-order valence-electron chi connectivity index (χ2n) is 3.95. The number of nitriles is 1. The standard InChI is InChI=1S/C12H17NO4/c1-8(2)7-11(17-9(3)14)10(5-6-13)12(15)16-4/h5,8,11H,7H2,1-4H3/b10-5-/t11-/m0/s1. The van der Waals surface area contributed by atoms with Gasteiger partial charge < -0.3 is 9.47 Å². The molecule has 5 nitrogen and oxygen atoms in total. The fraction of sp³-hybridized carbons (Fsp3) is 0.583. The lowest BCUT2D eigenvalue weighted by Gasteiger charge is -2.19. The predicted octanol–water partition coefficient (Wildman–Crippen LogP) is 1.59. The molecule has 0 saturated carbocycles. The van der Waals surface area contributed by atoms with Crippen LogP contribution in [0.1, 0.15) is 27.2 Å². The van der Waals surface area contributed by atoms with Crippen molar-refractivity contribution in [3.63, 3.8) is 0 Å². The third kappa shape index (κ3) is 5.71. The lowest BCUT2D eigenvalue weighted by Crippen LogP contribution is -2.26. The van der Waals surface area contributed by atoms with Crippen LogP contribution in [0.5, 0.6) is 0 Å². The molecular weight excluding hydrogens is 222 g/mol. The fourth-order valence-corrected chi connectivity index (χ4v) is 1.34. The summed E-state index contributed by atoms with van der Waals surface area (Å²) in [5, 5.41) is 8.62. The number of ether oxygens (including phenoxy) is 2. The van der Waals surface area contributed by atoms with Gasteiger partial charge in [-0.3, -0.25) is 4.79 Å². The smallest absolute Gasteiger partial charge is 0.338 e. The molecule has 0 saturated heterocycles. The van der Waals surface area contributed by atoms with Gasteiger partial charge in [0, 0.05) is 13.0 Å². The second-order valence-corrected chi connectivity index (χ2v) is 3.95. The normalized spacial score (nSPS) is 12.8. The number of methoxy groups -OCH3 is 1. The van der Waals surface area contributed by atoms with Gasteiger partial charge in [-0.25, -0.2) is 4.79 Å². The highest BCUT2D eigenvalue weighted by Crippen LogP contribution is 2.18. The Morgan fingerprint density at radius 1 is 1.41 bits per heavy atom. The lowest BCUT2D eigenvalue weighted by atomic mass is 9.99. The summed E-state index contributed by atoms with van der Waals surface area (Å²) in [4.78, 5) is 22.4. The van der Waals surface area contributed by atoms with E-state index in [0.717, 1.165) is 6.08 Å². The van der Waals surface area contributed by atoms with Crippen molar-refractivity contribution in [3.8, 4) is 6.07 Å². The second kappa shape index (κ2) is 7.44. The Morgan fingerprint density at radius 3 is 2.35 bits per heavy atom. The van der Waals surface area contributed by atoms with Crippen molar-refractivity contribution in [1.82, 2.24) is 0 Å². The van der Waals surface area contributed by atoms with E-state index >= 15 is 0 Å². The van der Waals surface area contributed by atoms with E-state index in [1.165, 1.54) is 14.0 Å².